The Morgan fingerprint density at radius 1 is 1.36 bits per heavy atom. The second kappa shape index (κ2) is 5.23. The first-order chi connectivity index (χ1) is 6.63. The highest BCUT2D eigenvalue weighted by atomic mass is 32.1. The lowest BCUT2D eigenvalue weighted by atomic mass is 10.5. The molecule has 80 valence electrons. The van der Waals surface area contributed by atoms with Crippen molar-refractivity contribution in [3.8, 4) is 0 Å². The van der Waals surface area contributed by atoms with Gasteiger partial charge in [-0.2, -0.15) is 4.37 Å². The molecule has 0 aliphatic rings. The lowest BCUT2D eigenvalue weighted by Crippen LogP contribution is -2.22. The Morgan fingerprint density at radius 3 is 2.57 bits per heavy atom. The number of aliphatic hydroxyl groups is 1. The number of nitrogens with zero attached hydrogens (tertiary/aromatic N) is 4. The van der Waals surface area contributed by atoms with Crippen molar-refractivity contribution >= 4 is 16.7 Å². The zero-order valence-corrected chi connectivity index (χ0v) is 9.58. The van der Waals surface area contributed by atoms with Gasteiger partial charge in [0.1, 0.15) is 0 Å². The fraction of sp³-hybridized carbons (Fsp3) is 0.750. The van der Waals surface area contributed by atoms with Crippen LogP contribution in [-0.2, 0) is 6.54 Å². The van der Waals surface area contributed by atoms with Crippen LogP contribution in [-0.4, -0.2) is 53.7 Å². The van der Waals surface area contributed by atoms with Gasteiger partial charge in [-0.3, -0.25) is 4.90 Å². The molecule has 0 aliphatic heterocycles. The third-order valence-electron chi connectivity index (χ3n) is 1.73. The van der Waals surface area contributed by atoms with Crippen LogP contribution in [0.15, 0.2) is 0 Å². The summed E-state index contributed by atoms with van der Waals surface area (Å²) < 4.78 is 4.23. The highest BCUT2D eigenvalue weighted by molar-refractivity contribution is 7.09. The molecule has 1 aromatic heterocycles. The Kier molecular flexibility index (Phi) is 4.24. The maximum absolute atomic E-state index is 8.72. The summed E-state index contributed by atoms with van der Waals surface area (Å²) in [4.78, 5) is 8.27. The van der Waals surface area contributed by atoms with Crippen LogP contribution < -0.4 is 4.90 Å². The van der Waals surface area contributed by atoms with Crippen molar-refractivity contribution in [2.24, 2.45) is 0 Å². The van der Waals surface area contributed by atoms with Gasteiger partial charge in [-0.25, -0.2) is 4.98 Å². The summed E-state index contributed by atoms with van der Waals surface area (Å²) in [5, 5.41) is 9.63. The Bertz CT molecular complexity index is 276. The molecule has 0 spiro atoms. The summed E-state index contributed by atoms with van der Waals surface area (Å²) in [5.41, 5.74) is 0. The van der Waals surface area contributed by atoms with Gasteiger partial charge in [0.2, 0.25) is 5.13 Å². The predicted molar refractivity (Wildman–Crippen MR) is 57.7 cm³/mol. The maximum atomic E-state index is 8.72. The fourth-order valence-corrected chi connectivity index (χ4v) is 1.58. The van der Waals surface area contributed by atoms with E-state index in [2.05, 4.69) is 9.36 Å². The van der Waals surface area contributed by atoms with Crippen molar-refractivity contribution in [2.75, 3.05) is 39.2 Å². The number of aliphatic hydroxyl groups excluding tert-OH is 1. The summed E-state index contributed by atoms with van der Waals surface area (Å²) in [6, 6.07) is 0. The van der Waals surface area contributed by atoms with Gasteiger partial charge < -0.3 is 10.0 Å². The summed E-state index contributed by atoms with van der Waals surface area (Å²) in [5.74, 6) is 0.814. The Hall–Kier alpha value is -0.720. The molecule has 0 unspecified atom stereocenters. The molecule has 0 aliphatic carbocycles. The lowest BCUT2D eigenvalue weighted by molar-refractivity contribution is 0.215. The van der Waals surface area contributed by atoms with Crippen LogP contribution in [0.25, 0.3) is 0 Å². The molecule has 1 rings (SSSR count). The molecule has 0 fully saturated rings. The van der Waals surface area contributed by atoms with Crippen molar-refractivity contribution in [3.63, 3.8) is 0 Å². The zero-order valence-electron chi connectivity index (χ0n) is 8.77. The maximum Gasteiger partial charge on any atom is 0.204 e. The van der Waals surface area contributed by atoms with E-state index in [0.717, 1.165) is 11.0 Å². The topological polar surface area (TPSA) is 52.5 Å². The smallest absolute Gasteiger partial charge is 0.204 e. The van der Waals surface area contributed by atoms with Crippen LogP contribution in [0.3, 0.4) is 0 Å². The van der Waals surface area contributed by atoms with Crippen molar-refractivity contribution < 1.29 is 5.11 Å². The average Bonchev–Trinajstić information content (AvgIpc) is 2.53. The second-order valence-corrected chi connectivity index (χ2v) is 4.08. The number of rotatable bonds is 5. The van der Waals surface area contributed by atoms with Crippen molar-refractivity contribution in [3.05, 3.63) is 5.82 Å². The minimum absolute atomic E-state index is 0.168. The number of aromatic nitrogens is 2. The van der Waals surface area contributed by atoms with Crippen LogP contribution in [0.5, 0.6) is 0 Å². The van der Waals surface area contributed by atoms with E-state index in [1.165, 1.54) is 11.5 Å². The Balaban J connectivity index is 2.51. The Labute approximate surface area is 88.2 Å². The number of hydrogen-bond acceptors (Lipinski definition) is 6. The van der Waals surface area contributed by atoms with Gasteiger partial charge >= 0.3 is 0 Å². The van der Waals surface area contributed by atoms with E-state index in [0.29, 0.717) is 13.1 Å². The SMILES string of the molecule is CN(CCO)Cc1nsc(N(C)C)n1. The fourth-order valence-electron chi connectivity index (χ4n) is 0.982. The minimum Gasteiger partial charge on any atom is -0.395 e. The zero-order chi connectivity index (χ0) is 10.6. The predicted octanol–water partition coefficient (Wildman–Crippen LogP) is 0.0282. The normalized spacial score (nSPS) is 10.9. The molecule has 1 N–H and O–H groups in total. The van der Waals surface area contributed by atoms with Crippen LogP contribution >= 0.6 is 11.5 Å². The van der Waals surface area contributed by atoms with Gasteiger partial charge in [0.25, 0.3) is 0 Å². The van der Waals surface area contributed by atoms with E-state index in [9.17, 15) is 0 Å². The quantitative estimate of drug-likeness (QED) is 0.752. The molecular weight excluding hydrogens is 200 g/mol. The molecule has 0 saturated heterocycles. The van der Waals surface area contributed by atoms with Crippen molar-refractivity contribution in [2.45, 2.75) is 6.54 Å². The van der Waals surface area contributed by atoms with E-state index in [1.54, 1.807) is 0 Å². The molecule has 5 nitrogen and oxygen atoms in total. The van der Waals surface area contributed by atoms with Crippen LogP contribution in [0.1, 0.15) is 5.82 Å². The van der Waals surface area contributed by atoms with E-state index >= 15 is 0 Å². The standard InChI is InChI=1S/C8H16N4OS/c1-11(2)8-9-7(10-14-8)6-12(3)4-5-13/h13H,4-6H2,1-3H3. The number of hydrogen-bond donors (Lipinski definition) is 1. The van der Waals surface area contributed by atoms with Gasteiger partial charge in [0, 0.05) is 32.2 Å². The van der Waals surface area contributed by atoms with Gasteiger partial charge in [0.15, 0.2) is 5.82 Å². The first-order valence-electron chi connectivity index (χ1n) is 4.43. The molecule has 0 radical (unpaired) electrons. The van der Waals surface area contributed by atoms with Gasteiger partial charge in [-0.05, 0) is 7.05 Å². The van der Waals surface area contributed by atoms with Crippen molar-refractivity contribution in [1.29, 1.82) is 0 Å². The first-order valence-corrected chi connectivity index (χ1v) is 5.20. The molecule has 0 atom stereocenters. The number of anilines is 1. The average molecular weight is 216 g/mol. The molecular formula is C8H16N4OS. The Morgan fingerprint density at radius 2 is 2.07 bits per heavy atom. The van der Waals surface area contributed by atoms with Crippen molar-refractivity contribution in [1.82, 2.24) is 14.3 Å². The van der Waals surface area contributed by atoms with Crippen LogP contribution in [0, 0.1) is 0 Å². The van der Waals surface area contributed by atoms with E-state index in [1.807, 2.05) is 30.9 Å². The molecule has 1 aromatic rings. The van der Waals surface area contributed by atoms with E-state index in [4.69, 9.17) is 5.11 Å². The highest BCUT2D eigenvalue weighted by Crippen LogP contribution is 2.14. The largest absolute Gasteiger partial charge is 0.395 e. The molecule has 0 amide bonds. The summed E-state index contributed by atoms with van der Waals surface area (Å²) in [6.45, 7) is 1.50. The van der Waals surface area contributed by atoms with Gasteiger partial charge in [0.05, 0.1) is 13.2 Å². The molecule has 14 heavy (non-hydrogen) atoms. The minimum atomic E-state index is 0.168. The van der Waals surface area contributed by atoms with Gasteiger partial charge in [-0.15, -0.1) is 0 Å². The monoisotopic (exact) mass is 216 g/mol. The van der Waals surface area contributed by atoms with E-state index in [-0.39, 0.29) is 6.61 Å². The van der Waals surface area contributed by atoms with Crippen LogP contribution in [0.2, 0.25) is 0 Å². The van der Waals surface area contributed by atoms with Crippen LogP contribution in [0.4, 0.5) is 5.13 Å². The highest BCUT2D eigenvalue weighted by Gasteiger charge is 2.07. The third-order valence-corrected chi connectivity index (χ3v) is 2.65. The van der Waals surface area contributed by atoms with E-state index < -0.39 is 0 Å². The second-order valence-electron chi connectivity index (χ2n) is 3.35. The summed E-state index contributed by atoms with van der Waals surface area (Å²) in [6.07, 6.45) is 0. The molecule has 0 saturated carbocycles. The lowest BCUT2D eigenvalue weighted by Gasteiger charge is -2.11. The van der Waals surface area contributed by atoms with Gasteiger partial charge in [-0.1, -0.05) is 0 Å². The number of likely N-dealkylation sites (N-methyl/N-ethyl adjacent to an activating group) is 1. The third kappa shape index (κ3) is 3.21. The first kappa shape index (κ1) is 11.4. The molecule has 0 aromatic carbocycles. The molecule has 1 heterocycles. The summed E-state index contributed by atoms with van der Waals surface area (Å²) >= 11 is 1.39. The molecule has 6 heteroatoms. The molecule has 0 bridgehead atoms. The summed E-state index contributed by atoms with van der Waals surface area (Å²) in [7, 11) is 5.83.